The van der Waals surface area contributed by atoms with E-state index in [1.165, 1.54) is 0 Å². The molecule has 2 heterocycles. The van der Waals surface area contributed by atoms with Crippen molar-refractivity contribution in [1.82, 2.24) is 15.0 Å². The van der Waals surface area contributed by atoms with Crippen LogP contribution in [0.4, 0.5) is 0 Å². The molecule has 124 valence electrons. The third-order valence-electron chi connectivity index (χ3n) is 4.49. The highest BCUT2D eigenvalue weighted by molar-refractivity contribution is 6.32. The summed E-state index contributed by atoms with van der Waals surface area (Å²) in [4.78, 5) is 13.1. The van der Waals surface area contributed by atoms with Gasteiger partial charge in [-0.3, -0.25) is 0 Å². The Labute approximate surface area is 155 Å². The Kier molecular flexibility index (Phi) is 3.47. The first kappa shape index (κ1) is 15.1. The van der Waals surface area contributed by atoms with Crippen LogP contribution in [0.2, 0.25) is 5.02 Å². The van der Waals surface area contributed by atoms with Crippen molar-refractivity contribution in [2.45, 2.75) is 0 Å². The number of nitrogens with zero attached hydrogens (tertiary/aromatic N) is 2. The van der Waals surface area contributed by atoms with Gasteiger partial charge in [-0.15, -0.1) is 0 Å². The predicted molar refractivity (Wildman–Crippen MR) is 107 cm³/mol. The van der Waals surface area contributed by atoms with Gasteiger partial charge in [0, 0.05) is 27.1 Å². The normalized spacial score (nSPS) is 11.3. The van der Waals surface area contributed by atoms with Crippen molar-refractivity contribution in [2.24, 2.45) is 0 Å². The van der Waals surface area contributed by atoms with Crippen molar-refractivity contribution in [3.8, 4) is 22.6 Å². The molecule has 0 aliphatic rings. The number of rotatable bonds is 2. The summed E-state index contributed by atoms with van der Waals surface area (Å²) in [6.07, 6.45) is 0. The lowest BCUT2D eigenvalue weighted by molar-refractivity contribution is 1.21. The Hall–Kier alpha value is -3.17. The summed E-state index contributed by atoms with van der Waals surface area (Å²) in [5.74, 6) is 0.703. The van der Waals surface area contributed by atoms with Crippen LogP contribution in [0.25, 0.3) is 44.6 Å². The zero-order chi connectivity index (χ0) is 17.5. The summed E-state index contributed by atoms with van der Waals surface area (Å²) in [6, 6.07) is 26.0. The number of halogens is 1. The zero-order valence-electron chi connectivity index (χ0n) is 13.8. The van der Waals surface area contributed by atoms with Gasteiger partial charge >= 0.3 is 0 Å². The maximum atomic E-state index is 6.25. The molecule has 0 bridgehead atoms. The van der Waals surface area contributed by atoms with Gasteiger partial charge in [0.05, 0.1) is 11.1 Å². The van der Waals surface area contributed by atoms with E-state index in [-0.39, 0.29) is 0 Å². The second kappa shape index (κ2) is 5.97. The summed E-state index contributed by atoms with van der Waals surface area (Å²) >= 11 is 6.25. The van der Waals surface area contributed by atoms with Gasteiger partial charge in [-0.1, -0.05) is 72.3 Å². The molecule has 0 spiro atoms. The minimum absolute atomic E-state index is 0.699. The SMILES string of the molecule is Clc1ccc2[nH]c3nc(-c4ccccc4)nc(-c4ccccc4)c3c2c1. The molecule has 0 aliphatic heterocycles. The number of fused-ring (bicyclic) bond motifs is 3. The fourth-order valence-corrected chi connectivity index (χ4v) is 3.46. The second-order valence-corrected chi connectivity index (χ2v) is 6.60. The minimum atomic E-state index is 0.699. The fourth-order valence-electron chi connectivity index (χ4n) is 3.29. The molecule has 3 aromatic carbocycles. The zero-order valence-corrected chi connectivity index (χ0v) is 14.5. The highest BCUT2D eigenvalue weighted by atomic mass is 35.5. The third-order valence-corrected chi connectivity index (χ3v) is 4.73. The summed E-state index contributed by atoms with van der Waals surface area (Å²) in [5.41, 5.74) is 4.76. The first-order valence-corrected chi connectivity index (χ1v) is 8.77. The lowest BCUT2D eigenvalue weighted by Gasteiger charge is -2.07. The van der Waals surface area contributed by atoms with Crippen LogP contribution in [0.1, 0.15) is 0 Å². The predicted octanol–water partition coefficient (Wildman–Crippen LogP) is 6.10. The van der Waals surface area contributed by atoms with Crippen molar-refractivity contribution < 1.29 is 0 Å². The number of benzene rings is 3. The summed E-state index contributed by atoms with van der Waals surface area (Å²) in [6.45, 7) is 0. The van der Waals surface area contributed by atoms with Crippen molar-refractivity contribution in [3.63, 3.8) is 0 Å². The first-order valence-electron chi connectivity index (χ1n) is 8.39. The van der Waals surface area contributed by atoms with Crippen molar-refractivity contribution in [2.75, 3.05) is 0 Å². The van der Waals surface area contributed by atoms with Crippen LogP contribution in [-0.2, 0) is 0 Å². The highest BCUT2D eigenvalue weighted by Crippen LogP contribution is 2.35. The molecule has 0 fully saturated rings. The van der Waals surface area contributed by atoms with E-state index >= 15 is 0 Å². The molecule has 5 rings (SSSR count). The van der Waals surface area contributed by atoms with Crippen LogP contribution < -0.4 is 0 Å². The van der Waals surface area contributed by atoms with Crippen LogP contribution in [-0.4, -0.2) is 15.0 Å². The average Bonchev–Trinajstić information content (AvgIpc) is 3.06. The number of aromatic nitrogens is 3. The topological polar surface area (TPSA) is 41.6 Å². The average molecular weight is 356 g/mol. The van der Waals surface area contributed by atoms with E-state index in [0.29, 0.717) is 10.8 Å². The minimum Gasteiger partial charge on any atom is -0.339 e. The van der Waals surface area contributed by atoms with Gasteiger partial charge in [-0.25, -0.2) is 9.97 Å². The molecular formula is C22H14ClN3. The third kappa shape index (κ3) is 2.45. The Morgan fingerprint density at radius 2 is 1.42 bits per heavy atom. The standard InChI is InChI=1S/C22H14ClN3/c23-16-11-12-18-17(13-16)19-20(14-7-3-1-4-8-14)25-21(26-22(19)24-18)15-9-5-2-6-10-15/h1-13H,(H,24,25,26). The number of nitrogens with one attached hydrogen (secondary N) is 1. The van der Waals surface area contributed by atoms with Gasteiger partial charge in [0.15, 0.2) is 5.82 Å². The molecule has 4 heteroatoms. The summed E-state index contributed by atoms with van der Waals surface area (Å²) in [7, 11) is 0. The lowest BCUT2D eigenvalue weighted by atomic mass is 10.1. The Bertz CT molecular complexity index is 1230. The van der Waals surface area contributed by atoms with Crippen LogP contribution in [0.5, 0.6) is 0 Å². The number of hydrogen-bond donors (Lipinski definition) is 1. The molecule has 0 saturated heterocycles. The van der Waals surface area contributed by atoms with Gasteiger partial charge in [0.25, 0.3) is 0 Å². The summed E-state index contributed by atoms with van der Waals surface area (Å²) in [5, 5.41) is 2.73. The van der Waals surface area contributed by atoms with E-state index in [2.05, 4.69) is 17.1 Å². The van der Waals surface area contributed by atoms with Gasteiger partial charge in [-0.05, 0) is 18.2 Å². The highest BCUT2D eigenvalue weighted by Gasteiger charge is 2.16. The smallest absolute Gasteiger partial charge is 0.162 e. The van der Waals surface area contributed by atoms with E-state index in [4.69, 9.17) is 21.6 Å². The van der Waals surface area contributed by atoms with Gasteiger partial charge < -0.3 is 4.98 Å². The maximum Gasteiger partial charge on any atom is 0.162 e. The van der Waals surface area contributed by atoms with Crippen LogP contribution in [0, 0.1) is 0 Å². The molecule has 0 unspecified atom stereocenters. The van der Waals surface area contributed by atoms with Crippen molar-refractivity contribution >= 4 is 33.5 Å². The van der Waals surface area contributed by atoms with E-state index in [1.54, 1.807) is 0 Å². The van der Waals surface area contributed by atoms with E-state index in [9.17, 15) is 0 Å². The molecule has 0 radical (unpaired) electrons. The molecule has 0 amide bonds. The van der Waals surface area contributed by atoms with Crippen LogP contribution in [0.15, 0.2) is 78.9 Å². The Morgan fingerprint density at radius 1 is 0.731 bits per heavy atom. The van der Waals surface area contributed by atoms with E-state index in [0.717, 1.165) is 38.8 Å². The molecule has 26 heavy (non-hydrogen) atoms. The second-order valence-electron chi connectivity index (χ2n) is 6.17. The molecule has 0 aliphatic carbocycles. The van der Waals surface area contributed by atoms with E-state index < -0.39 is 0 Å². The first-order chi connectivity index (χ1) is 12.8. The summed E-state index contributed by atoms with van der Waals surface area (Å²) < 4.78 is 0. The number of H-pyrrole nitrogens is 1. The maximum absolute atomic E-state index is 6.25. The molecular weight excluding hydrogens is 342 g/mol. The molecule has 5 aromatic rings. The fraction of sp³-hybridized carbons (Fsp3) is 0. The van der Waals surface area contributed by atoms with E-state index in [1.807, 2.05) is 66.7 Å². The van der Waals surface area contributed by atoms with Gasteiger partial charge in [-0.2, -0.15) is 0 Å². The molecule has 1 N–H and O–H groups in total. The number of hydrogen-bond acceptors (Lipinski definition) is 2. The quantitative estimate of drug-likeness (QED) is 0.415. The molecule has 2 aromatic heterocycles. The number of aromatic amines is 1. The van der Waals surface area contributed by atoms with Crippen LogP contribution >= 0.6 is 11.6 Å². The van der Waals surface area contributed by atoms with Gasteiger partial charge in [0.1, 0.15) is 5.65 Å². The van der Waals surface area contributed by atoms with Crippen molar-refractivity contribution in [1.29, 1.82) is 0 Å². The molecule has 3 nitrogen and oxygen atoms in total. The molecule has 0 saturated carbocycles. The van der Waals surface area contributed by atoms with Crippen LogP contribution in [0.3, 0.4) is 0 Å². The largest absolute Gasteiger partial charge is 0.339 e. The monoisotopic (exact) mass is 355 g/mol. The lowest BCUT2D eigenvalue weighted by Crippen LogP contribution is -1.94. The van der Waals surface area contributed by atoms with Crippen molar-refractivity contribution in [3.05, 3.63) is 83.9 Å². The molecule has 0 atom stereocenters. The Balaban J connectivity index is 1.91. The Morgan fingerprint density at radius 3 is 2.15 bits per heavy atom. The van der Waals surface area contributed by atoms with Gasteiger partial charge in [0.2, 0.25) is 0 Å².